The second-order valence-corrected chi connectivity index (χ2v) is 4.02. The molecule has 0 spiro atoms. The van der Waals surface area contributed by atoms with Gasteiger partial charge in [0.25, 0.3) is 5.91 Å². The Balaban J connectivity index is 0.00000180. The molecule has 0 aliphatic rings. The third-order valence-electron chi connectivity index (χ3n) is 2.28. The standard InChI is InChI=1S/C13H11ClN3O.ClH/c14-11-8-6-10(7-9-11)13(18)17(15)16-12-4-2-1-3-5-12;/h2-9,16H,15H2;1H. The topological polar surface area (TPSA) is 58.4 Å². The predicted octanol–water partition coefficient (Wildman–Crippen LogP) is 2.90. The minimum Gasteiger partial charge on any atom is -0.281 e. The fourth-order valence-electron chi connectivity index (χ4n) is 1.38. The quantitative estimate of drug-likeness (QED) is 0.520. The number of carbonyl (C=O) groups is 1. The van der Waals surface area contributed by atoms with Crippen LogP contribution in [0.4, 0.5) is 5.69 Å². The van der Waals surface area contributed by atoms with E-state index in [0.717, 1.165) is 5.12 Å². The summed E-state index contributed by atoms with van der Waals surface area (Å²) in [6.45, 7) is 0. The molecule has 4 nitrogen and oxygen atoms in total. The maximum atomic E-state index is 11.9. The minimum atomic E-state index is -0.348. The highest BCUT2D eigenvalue weighted by Gasteiger charge is 2.11. The van der Waals surface area contributed by atoms with E-state index in [-0.39, 0.29) is 18.3 Å². The summed E-state index contributed by atoms with van der Waals surface area (Å²) in [5.41, 5.74) is 3.93. The van der Waals surface area contributed by atoms with Crippen molar-refractivity contribution in [3.63, 3.8) is 0 Å². The Morgan fingerprint density at radius 1 is 1.16 bits per heavy atom. The largest absolute Gasteiger partial charge is 0.286 e. The van der Waals surface area contributed by atoms with Gasteiger partial charge in [-0.25, -0.2) is 5.84 Å². The van der Waals surface area contributed by atoms with Gasteiger partial charge in [0, 0.05) is 10.6 Å². The molecule has 0 atom stereocenters. The van der Waals surface area contributed by atoms with Crippen LogP contribution in [0.15, 0.2) is 48.5 Å². The molecule has 0 heterocycles. The van der Waals surface area contributed by atoms with E-state index in [4.69, 9.17) is 17.4 Å². The molecule has 3 N–H and O–H groups in total. The van der Waals surface area contributed by atoms with E-state index in [1.807, 2.05) is 0 Å². The highest BCUT2D eigenvalue weighted by molar-refractivity contribution is 6.30. The zero-order valence-electron chi connectivity index (χ0n) is 9.84. The number of nitrogens with one attached hydrogen (secondary N) is 1. The van der Waals surface area contributed by atoms with Crippen LogP contribution >= 0.6 is 24.0 Å². The van der Waals surface area contributed by atoms with Crippen molar-refractivity contribution in [1.82, 2.24) is 5.12 Å². The first-order chi connectivity index (χ1) is 8.66. The van der Waals surface area contributed by atoms with Gasteiger partial charge in [0.05, 0.1) is 5.69 Å². The van der Waals surface area contributed by atoms with Gasteiger partial charge in [-0.1, -0.05) is 23.7 Å². The Morgan fingerprint density at radius 2 is 1.74 bits per heavy atom. The summed E-state index contributed by atoms with van der Waals surface area (Å²) >= 11 is 5.75. The first-order valence-corrected chi connectivity index (χ1v) is 5.62. The molecule has 1 radical (unpaired) electrons. The summed E-state index contributed by atoms with van der Waals surface area (Å²) in [7, 11) is 0. The van der Waals surface area contributed by atoms with Gasteiger partial charge in [0.15, 0.2) is 0 Å². The average molecular weight is 297 g/mol. The molecule has 0 aromatic heterocycles. The van der Waals surface area contributed by atoms with Gasteiger partial charge in [-0.15, -0.1) is 12.4 Å². The number of amides is 1. The number of carbonyl (C=O) groups excluding carboxylic acids is 1. The first kappa shape index (κ1) is 15.3. The summed E-state index contributed by atoms with van der Waals surface area (Å²) in [6.07, 6.45) is 0. The molecule has 0 saturated carbocycles. The zero-order chi connectivity index (χ0) is 13.0. The summed E-state index contributed by atoms with van der Waals surface area (Å²) in [4.78, 5) is 11.9. The number of nitrogens with zero attached hydrogens (tertiary/aromatic N) is 1. The molecule has 99 valence electrons. The minimum absolute atomic E-state index is 0. The van der Waals surface area contributed by atoms with Crippen LogP contribution in [0.25, 0.3) is 0 Å². The lowest BCUT2D eigenvalue weighted by atomic mass is 10.2. The molecular formula is C13H12Cl2N3O. The molecular weight excluding hydrogens is 285 g/mol. The monoisotopic (exact) mass is 296 g/mol. The Labute approximate surface area is 122 Å². The van der Waals surface area contributed by atoms with Crippen molar-refractivity contribution in [2.45, 2.75) is 0 Å². The van der Waals surface area contributed by atoms with Crippen LogP contribution in [0.2, 0.25) is 5.02 Å². The van der Waals surface area contributed by atoms with E-state index in [9.17, 15) is 4.79 Å². The van der Waals surface area contributed by atoms with Crippen molar-refractivity contribution in [1.29, 1.82) is 0 Å². The molecule has 0 bridgehead atoms. The molecule has 0 unspecified atom stereocenters. The van der Waals surface area contributed by atoms with Crippen LogP contribution in [0, 0.1) is 6.07 Å². The van der Waals surface area contributed by atoms with Gasteiger partial charge < -0.3 is 0 Å². The van der Waals surface area contributed by atoms with Crippen molar-refractivity contribution in [2.75, 3.05) is 5.43 Å². The average Bonchev–Trinajstić information content (AvgIpc) is 2.40. The molecule has 6 heteroatoms. The molecule has 0 aliphatic carbocycles. The van der Waals surface area contributed by atoms with E-state index >= 15 is 0 Å². The van der Waals surface area contributed by atoms with E-state index in [0.29, 0.717) is 16.3 Å². The molecule has 1 amide bonds. The van der Waals surface area contributed by atoms with Gasteiger partial charge >= 0.3 is 0 Å². The number of halogens is 2. The number of hydrogen-bond acceptors (Lipinski definition) is 3. The van der Waals surface area contributed by atoms with Gasteiger partial charge in [-0.2, -0.15) is 5.12 Å². The molecule has 2 rings (SSSR count). The van der Waals surface area contributed by atoms with Gasteiger partial charge in [-0.05, 0) is 42.5 Å². The Hall–Kier alpha value is -1.75. The van der Waals surface area contributed by atoms with E-state index in [1.165, 1.54) is 0 Å². The lowest BCUT2D eigenvalue weighted by molar-refractivity contribution is 0.0793. The first-order valence-electron chi connectivity index (χ1n) is 5.24. The second kappa shape index (κ2) is 6.99. The highest BCUT2D eigenvalue weighted by atomic mass is 35.5. The molecule has 2 aromatic carbocycles. The summed E-state index contributed by atoms with van der Waals surface area (Å²) in [6, 6.07) is 16.4. The zero-order valence-corrected chi connectivity index (χ0v) is 11.4. The van der Waals surface area contributed by atoms with E-state index in [2.05, 4.69) is 11.5 Å². The van der Waals surface area contributed by atoms with Crippen molar-refractivity contribution < 1.29 is 4.79 Å². The van der Waals surface area contributed by atoms with Crippen LogP contribution in [0.1, 0.15) is 10.4 Å². The molecule has 0 aliphatic heterocycles. The molecule has 19 heavy (non-hydrogen) atoms. The lowest BCUT2D eigenvalue weighted by Crippen LogP contribution is -2.42. The van der Waals surface area contributed by atoms with Crippen LogP contribution in [0.5, 0.6) is 0 Å². The van der Waals surface area contributed by atoms with E-state index < -0.39 is 0 Å². The van der Waals surface area contributed by atoms with Crippen molar-refractivity contribution in [3.05, 3.63) is 65.2 Å². The summed E-state index contributed by atoms with van der Waals surface area (Å²) < 4.78 is 0. The highest BCUT2D eigenvalue weighted by Crippen LogP contribution is 2.11. The van der Waals surface area contributed by atoms with Crippen molar-refractivity contribution in [2.24, 2.45) is 5.84 Å². The fourth-order valence-corrected chi connectivity index (χ4v) is 1.51. The Kier molecular flexibility index (Phi) is 5.63. The Morgan fingerprint density at radius 3 is 2.32 bits per heavy atom. The lowest BCUT2D eigenvalue weighted by Gasteiger charge is -2.18. The van der Waals surface area contributed by atoms with Gasteiger partial charge in [0.2, 0.25) is 0 Å². The van der Waals surface area contributed by atoms with Crippen molar-refractivity contribution >= 4 is 35.6 Å². The fraction of sp³-hybridized carbons (Fsp3) is 0. The number of hydrazine groups is 2. The number of benzene rings is 2. The van der Waals surface area contributed by atoms with E-state index in [1.54, 1.807) is 48.5 Å². The number of rotatable bonds is 3. The number of anilines is 1. The number of hydrogen-bond donors (Lipinski definition) is 2. The van der Waals surface area contributed by atoms with Crippen LogP contribution in [-0.4, -0.2) is 11.0 Å². The van der Waals surface area contributed by atoms with Gasteiger partial charge in [0.1, 0.15) is 0 Å². The van der Waals surface area contributed by atoms with Crippen LogP contribution in [0.3, 0.4) is 0 Å². The predicted molar refractivity (Wildman–Crippen MR) is 78.0 cm³/mol. The maximum Gasteiger partial charge on any atom is 0.286 e. The third kappa shape index (κ3) is 4.13. The normalized spacial score (nSPS) is 9.37. The number of nitrogens with two attached hydrogens (primary N) is 1. The smallest absolute Gasteiger partial charge is 0.281 e. The van der Waals surface area contributed by atoms with Crippen LogP contribution < -0.4 is 11.3 Å². The maximum absolute atomic E-state index is 11.9. The summed E-state index contributed by atoms with van der Waals surface area (Å²) in [5, 5.41) is 1.50. The third-order valence-corrected chi connectivity index (χ3v) is 2.53. The summed E-state index contributed by atoms with van der Waals surface area (Å²) in [5.74, 6) is 5.30. The molecule has 0 fully saturated rings. The van der Waals surface area contributed by atoms with Crippen LogP contribution in [-0.2, 0) is 0 Å². The molecule has 2 aromatic rings. The van der Waals surface area contributed by atoms with Gasteiger partial charge in [-0.3, -0.25) is 10.2 Å². The molecule has 0 saturated heterocycles. The Bertz CT molecular complexity index is 531. The second-order valence-electron chi connectivity index (χ2n) is 3.58. The SMILES string of the molecule is Cl.NN(Nc1cc[c]cc1)C(=O)c1ccc(Cl)cc1. The van der Waals surface area contributed by atoms with Crippen molar-refractivity contribution in [3.8, 4) is 0 Å².